The van der Waals surface area contributed by atoms with Crippen LogP contribution in [-0.4, -0.2) is 31.6 Å². The van der Waals surface area contributed by atoms with E-state index in [1.807, 2.05) is 97.3 Å². The Kier molecular flexibility index (Phi) is 7.80. The van der Waals surface area contributed by atoms with Gasteiger partial charge in [0.1, 0.15) is 0 Å². The lowest BCUT2D eigenvalue weighted by atomic mass is 10.0. The molecule has 1 atom stereocenters. The third-order valence-corrected chi connectivity index (χ3v) is 7.13. The van der Waals surface area contributed by atoms with Crippen molar-refractivity contribution in [3.63, 3.8) is 0 Å². The van der Waals surface area contributed by atoms with Crippen molar-refractivity contribution in [2.75, 3.05) is 5.32 Å². The fraction of sp³-hybridized carbons (Fsp3) is 0.133. The van der Waals surface area contributed by atoms with E-state index in [1.54, 1.807) is 0 Å². The van der Waals surface area contributed by atoms with Crippen molar-refractivity contribution in [3.8, 4) is 5.69 Å². The van der Waals surface area contributed by atoms with Crippen molar-refractivity contribution >= 4 is 39.8 Å². The first-order valence-corrected chi connectivity index (χ1v) is 13.2. The largest absolute Gasteiger partial charge is 0.378 e. The molecule has 0 bridgehead atoms. The minimum absolute atomic E-state index is 0.207. The number of nitrogens with zero attached hydrogens (tertiary/aromatic N) is 4. The number of nitrogens with one attached hydrogen (secondary N) is 2. The van der Waals surface area contributed by atoms with Crippen LogP contribution < -0.4 is 10.7 Å². The summed E-state index contributed by atoms with van der Waals surface area (Å²) in [5.74, 6) is 0.544. The summed E-state index contributed by atoms with van der Waals surface area (Å²) in [5.41, 5.74) is 6.35. The van der Waals surface area contributed by atoms with E-state index < -0.39 is 5.25 Å². The van der Waals surface area contributed by atoms with Crippen LogP contribution in [0.3, 0.4) is 0 Å². The van der Waals surface area contributed by atoms with E-state index in [0.717, 1.165) is 33.9 Å². The maximum Gasteiger partial charge on any atom is 0.253 e. The molecule has 7 nitrogen and oxygen atoms in total. The van der Waals surface area contributed by atoms with E-state index in [-0.39, 0.29) is 5.91 Å². The van der Waals surface area contributed by atoms with E-state index in [9.17, 15) is 4.79 Å². The highest BCUT2D eigenvalue weighted by atomic mass is 32.2. The number of rotatable bonds is 9. The topological polar surface area (TPSA) is 84.2 Å². The molecular weight excluding hydrogens is 492 g/mol. The first kappa shape index (κ1) is 25.2. The molecule has 1 heterocycles. The molecule has 190 valence electrons. The Morgan fingerprint density at radius 3 is 2.34 bits per heavy atom. The Morgan fingerprint density at radius 1 is 0.895 bits per heavy atom. The van der Waals surface area contributed by atoms with E-state index in [0.29, 0.717) is 11.7 Å². The zero-order valence-corrected chi connectivity index (χ0v) is 22.0. The molecular formula is C30H28N6OS. The molecule has 0 radical (unpaired) electrons. The number of hydrazone groups is 1. The number of fused-ring (bicyclic) bond motifs is 1. The van der Waals surface area contributed by atoms with Crippen molar-refractivity contribution in [1.29, 1.82) is 0 Å². The average Bonchev–Trinajstić information content (AvgIpc) is 3.37. The summed E-state index contributed by atoms with van der Waals surface area (Å²) >= 11 is 1.35. The van der Waals surface area contributed by atoms with Gasteiger partial charge in [-0.3, -0.25) is 9.36 Å². The Bertz CT molecular complexity index is 1570. The van der Waals surface area contributed by atoms with E-state index in [1.165, 1.54) is 17.1 Å². The number of para-hydroxylation sites is 2. The fourth-order valence-corrected chi connectivity index (χ4v) is 4.87. The van der Waals surface area contributed by atoms with Crippen LogP contribution in [0.15, 0.2) is 113 Å². The number of carbonyl (C=O) groups is 1. The van der Waals surface area contributed by atoms with Gasteiger partial charge >= 0.3 is 0 Å². The minimum atomic E-state index is -0.440. The number of thioether (sulfide) groups is 1. The van der Waals surface area contributed by atoms with Gasteiger partial charge in [-0.2, -0.15) is 5.10 Å². The van der Waals surface area contributed by atoms with Crippen molar-refractivity contribution < 1.29 is 4.79 Å². The van der Waals surface area contributed by atoms with Gasteiger partial charge in [-0.25, -0.2) is 5.43 Å². The monoisotopic (exact) mass is 520 g/mol. The molecule has 2 N–H and O–H groups in total. The van der Waals surface area contributed by atoms with Crippen LogP contribution in [-0.2, 0) is 11.3 Å². The van der Waals surface area contributed by atoms with Crippen molar-refractivity contribution in [2.45, 2.75) is 30.8 Å². The Labute approximate surface area is 226 Å². The molecule has 0 saturated heterocycles. The molecule has 0 aliphatic heterocycles. The average molecular weight is 521 g/mol. The lowest BCUT2D eigenvalue weighted by molar-refractivity contribution is -0.120. The zero-order chi connectivity index (χ0) is 26.3. The zero-order valence-electron chi connectivity index (χ0n) is 21.2. The Hall–Kier alpha value is -4.43. The molecule has 1 unspecified atom stereocenters. The maximum absolute atomic E-state index is 13.0. The van der Waals surface area contributed by atoms with Gasteiger partial charge in [-0.1, -0.05) is 84.6 Å². The number of aromatic nitrogens is 3. The second-order valence-electron chi connectivity index (χ2n) is 8.78. The number of hydrogen-bond acceptors (Lipinski definition) is 6. The fourth-order valence-electron chi connectivity index (χ4n) is 3.99. The molecule has 0 aliphatic rings. The second kappa shape index (κ2) is 11.7. The minimum Gasteiger partial charge on any atom is -0.378 e. The highest BCUT2D eigenvalue weighted by Gasteiger charge is 2.21. The van der Waals surface area contributed by atoms with Crippen LogP contribution in [0.4, 0.5) is 5.69 Å². The lowest BCUT2D eigenvalue weighted by Crippen LogP contribution is -2.28. The summed E-state index contributed by atoms with van der Waals surface area (Å²) in [6.07, 6.45) is 0. The number of amides is 1. The van der Waals surface area contributed by atoms with Crippen molar-refractivity contribution in [2.24, 2.45) is 5.10 Å². The first-order chi connectivity index (χ1) is 18.6. The van der Waals surface area contributed by atoms with Crippen molar-refractivity contribution in [1.82, 2.24) is 20.2 Å². The molecule has 5 aromatic rings. The molecule has 4 aromatic carbocycles. The predicted octanol–water partition coefficient (Wildman–Crippen LogP) is 6.05. The molecule has 5 rings (SSSR count). The third-order valence-electron chi connectivity index (χ3n) is 6.09. The summed E-state index contributed by atoms with van der Waals surface area (Å²) in [4.78, 5) is 13.0. The van der Waals surface area contributed by atoms with Crippen LogP contribution in [0, 0.1) is 0 Å². The molecule has 1 aromatic heterocycles. The van der Waals surface area contributed by atoms with E-state index >= 15 is 0 Å². The van der Waals surface area contributed by atoms with E-state index in [2.05, 4.69) is 50.3 Å². The summed E-state index contributed by atoms with van der Waals surface area (Å²) in [6, 6.07) is 34.2. The van der Waals surface area contributed by atoms with Crippen LogP contribution >= 0.6 is 11.8 Å². The van der Waals surface area contributed by atoms with Crippen LogP contribution in [0.2, 0.25) is 0 Å². The Balaban J connectivity index is 1.30. The van der Waals surface area contributed by atoms with Gasteiger partial charge in [0.15, 0.2) is 11.0 Å². The van der Waals surface area contributed by atoms with Gasteiger partial charge in [-0.15, -0.1) is 10.2 Å². The summed E-state index contributed by atoms with van der Waals surface area (Å²) in [5, 5.41) is 19.1. The first-order valence-electron chi connectivity index (χ1n) is 12.4. The second-order valence-corrected chi connectivity index (χ2v) is 10.1. The van der Waals surface area contributed by atoms with Gasteiger partial charge in [0, 0.05) is 11.4 Å². The number of anilines is 1. The summed E-state index contributed by atoms with van der Waals surface area (Å²) in [7, 11) is 0. The van der Waals surface area contributed by atoms with Gasteiger partial charge in [-0.05, 0) is 60.5 Å². The molecule has 0 fully saturated rings. The molecule has 0 saturated carbocycles. The van der Waals surface area contributed by atoms with Gasteiger partial charge in [0.25, 0.3) is 5.91 Å². The molecule has 0 aliphatic carbocycles. The summed E-state index contributed by atoms with van der Waals surface area (Å²) < 4.78 is 1.98. The molecule has 1 amide bonds. The van der Waals surface area contributed by atoms with Gasteiger partial charge in [0.05, 0.1) is 17.5 Å². The quantitative estimate of drug-likeness (QED) is 0.140. The number of hydrogen-bond donors (Lipinski definition) is 2. The lowest BCUT2D eigenvalue weighted by Gasteiger charge is -2.13. The van der Waals surface area contributed by atoms with Gasteiger partial charge in [0.2, 0.25) is 0 Å². The smallest absolute Gasteiger partial charge is 0.253 e. The predicted molar refractivity (Wildman–Crippen MR) is 155 cm³/mol. The highest BCUT2D eigenvalue weighted by molar-refractivity contribution is 8.00. The van der Waals surface area contributed by atoms with Crippen LogP contribution in [0.1, 0.15) is 25.2 Å². The highest BCUT2D eigenvalue weighted by Crippen LogP contribution is 2.26. The van der Waals surface area contributed by atoms with Crippen LogP contribution in [0.25, 0.3) is 16.5 Å². The molecule has 8 heteroatoms. The van der Waals surface area contributed by atoms with Crippen LogP contribution in [0.5, 0.6) is 0 Å². The third kappa shape index (κ3) is 5.92. The standard InChI is InChI=1S/C30H28N6OS/c1-21(24-18-17-23-11-9-10-12-25(23)19-24)32-34-29(37)22(2)38-30-35-33-28(20-31-26-13-5-3-6-14-26)36(30)27-15-7-4-8-16-27/h3-19,22,31H,20H2,1-2H3,(H,34,37)/b32-21-. The molecule has 0 spiro atoms. The van der Waals surface area contributed by atoms with E-state index in [4.69, 9.17) is 0 Å². The number of benzene rings is 4. The van der Waals surface area contributed by atoms with Gasteiger partial charge < -0.3 is 5.32 Å². The number of carbonyl (C=O) groups excluding carboxylic acids is 1. The normalized spacial score (nSPS) is 12.3. The molecule has 38 heavy (non-hydrogen) atoms. The Morgan fingerprint density at radius 2 is 1.58 bits per heavy atom. The maximum atomic E-state index is 13.0. The summed E-state index contributed by atoms with van der Waals surface area (Å²) in [6.45, 7) is 4.22. The SMILES string of the molecule is C/C(=N/NC(=O)C(C)Sc1nnc(CNc2ccccc2)n1-c1ccccc1)c1ccc2ccccc2c1. The van der Waals surface area contributed by atoms with Crippen molar-refractivity contribution in [3.05, 3.63) is 115 Å².